The number of Topliss-reactive ketones (excluding diaryl/α,β-unsaturated/α-hetero) is 1. The van der Waals surface area contributed by atoms with Crippen LogP contribution in [0.25, 0.3) is 0 Å². The first-order valence-corrected chi connectivity index (χ1v) is 6.93. The molecule has 0 N–H and O–H groups in total. The fourth-order valence-corrected chi connectivity index (χ4v) is 2.62. The number of carbonyl (C=O) groups excluding carboxylic acids is 1. The van der Waals surface area contributed by atoms with Crippen molar-refractivity contribution >= 4 is 17.1 Å². The van der Waals surface area contributed by atoms with Gasteiger partial charge in [-0.1, -0.05) is 6.07 Å². The van der Waals surface area contributed by atoms with Crippen molar-refractivity contribution in [2.24, 2.45) is 0 Å². The molecule has 1 heterocycles. The van der Waals surface area contributed by atoms with Gasteiger partial charge in [-0.25, -0.2) is 0 Å². The Kier molecular flexibility index (Phi) is 4.63. The van der Waals surface area contributed by atoms with Crippen LogP contribution in [0.15, 0.2) is 29.6 Å². The van der Waals surface area contributed by atoms with Crippen LogP contribution in [0, 0.1) is 0 Å². The highest BCUT2D eigenvalue weighted by atomic mass is 32.1. The maximum absolute atomic E-state index is 12.3. The highest BCUT2D eigenvalue weighted by Crippen LogP contribution is 2.38. The van der Waals surface area contributed by atoms with E-state index in [0.717, 1.165) is 4.88 Å². The summed E-state index contributed by atoms with van der Waals surface area (Å²) in [7, 11) is 4.60. The summed E-state index contributed by atoms with van der Waals surface area (Å²) >= 11 is 1.57. The molecule has 4 nitrogen and oxygen atoms in total. The van der Waals surface area contributed by atoms with Crippen molar-refractivity contribution in [3.8, 4) is 17.2 Å². The lowest BCUT2D eigenvalue weighted by Crippen LogP contribution is -2.04. The number of methoxy groups -OCH3 is 3. The van der Waals surface area contributed by atoms with Crippen molar-refractivity contribution < 1.29 is 19.0 Å². The van der Waals surface area contributed by atoms with Gasteiger partial charge >= 0.3 is 0 Å². The number of rotatable bonds is 6. The van der Waals surface area contributed by atoms with Crippen molar-refractivity contribution in [1.82, 2.24) is 0 Å². The summed E-state index contributed by atoms with van der Waals surface area (Å²) in [6, 6.07) is 7.23. The first kappa shape index (κ1) is 14.4. The summed E-state index contributed by atoms with van der Waals surface area (Å²) in [5.41, 5.74) is 0.549. The molecular formula is C15H16O4S. The molecule has 0 saturated heterocycles. The van der Waals surface area contributed by atoms with Gasteiger partial charge in [0.1, 0.15) is 0 Å². The zero-order valence-electron chi connectivity index (χ0n) is 11.6. The number of hydrogen-bond acceptors (Lipinski definition) is 5. The minimum atomic E-state index is 0.0201. The quantitative estimate of drug-likeness (QED) is 0.767. The van der Waals surface area contributed by atoms with Gasteiger partial charge in [-0.05, 0) is 23.6 Å². The van der Waals surface area contributed by atoms with E-state index in [9.17, 15) is 4.79 Å². The normalized spacial score (nSPS) is 10.2. The zero-order valence-corrected chi connectivity index (χ0v) is 12.5. The van der Waals surface area contributed by atoms with Crippen molar-refractivity contribution in [1.29, 1.82) is 0 Å². The van der Waals surface area contributed by atoms with E-state index in [0.29, 0.717) is 29.2 Å². The lowest BCUT2D eigenvalue weighted by molar-refractivity contribution is 0.0993. The van der Waals surface area contributed by atoms with Crippen molar-refractivity contribution in [2.75, 3.05) is 21.3 Å². The summed E-state index contributed by atoms with van der Waals surface area (Å²) in [6.07, 6.45) is 0.371. The maximum atomic E-state index is 12.3. The van der Waals surface area contributed by atoms with Crippen LogP contribution < -0.4 is 14.2 Å². The van der Waals surface area contributed by atoms with Crippen LogP contribution in [0.2, 0.25) is 0 Å². The predicted octanol–water partition coefficient (Wildman–Crippen LogP) is 3.20. The number of benzene rings is 1. The van der Waals surface area contributed by atoms with E-state index in [1.807, 2.05) is 17.5 Å². The minimum absolute atomic E-state index is 0.0201. The first-order valence-electron chi connectivity index (χ1n) is 6.05. The molecule has 0 bridgehead atoms. The molecule has 20 heavy (non-hydrogen) atoms. The van der Waals surface area contributed by atoms with Gasteiger partial charge in [0, 0.05) is 16.9 Å². The van der Waals surface area contributed by atoms with Crippen LogP contribution in [0.5, 0.6) is 17.2 Å². The number of ether oxygens (including phenoxy) is 3. The summed E-state index contributed by atoms with van der Waals surface area (Å²) in [5, 5.41) is 1.96. The van der Waals surface area contributed by atoms with E-state index in [1.165, 1.54) is 21.3 Å². The molecule has 5 heteroatoms. The second-order valence-electron chi connectivity index (χ2n) is 4.09. The van der Waals surface area contributed by atoms with E-state index in [-0.39, 0.29) is 5.78 Å². The average Bonchev–Trinajstić information content (AvgIpc) is 2.98. The zero-order chi connectivity index (χ0) is 14.5. The van der Waals surface area contributed by atoms with Crippen LogP contribution >= 0.6 is 11.3 Å². The van der Waals surface area contributed by atoms with E-state index in [4.69, 9.17) is 14.2 Å². The van der Waals surface area contributed by atoms with Crippen LogP contribution in [-0.4, -0.2) is 27.1 Å². The molecule has 0 amide bonds. The van der Waals surface area contributed by atoms with Gasteiger partial charge < -0.3 is 14.2 Å². The highest BCUT2D eigenvalue weighted by molar-refractivity contribution is 7.10. The Morgan fingerprint density at radius 1 is 1.10 bits per heavy atom. The van der Waals surface area contributed by atoms with Crippen LogP contribution in [0.4, 0.5) is 0 Å². The van der Waals surface area contributed by atoms with Gasteiger partial charge in [0.05, 0.1) is 21.3 Å². The largest absolute Gasteiger partial charge is 0.493 e. The Hall–Kier alpha value is -2.01. The molecule has 0 radical (unpaired) electrons. The topological polar surface area (TPSA) is 44.8 Å². The number of thiophene rings is 1. The standard InChI is InChI=1S/C15H16O4S/c1-17-13-7-10(8-14(18-2)15(13)19-3)12(16)9-11-5-4-6-20-11/h4-8H,9H2,1-3H3. The predicted molar refractivity (Wildman–Crippen MR) is 78.5 cm³/mol. The summed E-state index contributed by atoms with van der Waals surface area (Å²) in [5.74, 6) is 1.48. The summed E-state index contributed by atoms with van der Waals surface area (Å²) in [4.78, 5) is 13.3. The molecule has 1 aromatic heterocycles. The van der Waals surface area contributed by atoms with Gasteiger partial charge in [-0.3, -0.25) is 4.79 Å². The number of carbonyl (C=O) groups is 1. The second kappa shape index (κ2) is 6.43. The third kappa shape index (κ3) is 2.93. The van der Waals surface area contributed by atoms with Crippen molar-refractivity contribution in [2.45, 2.75) is 6.42 Å². The Morgan fingerprint density at radius 2 is 1.75 bits per heavy atom. The number of hydrogen-bond donors (Lipinski definition) is 0. The Labute approximate surface area is 121 Å². The Bertz CT molecular complexity index is 565. The van der Waals surface area contributed by atoms with Gasteiger partial charge in [0.25, 0.3) is 0 Å². The van der Waals surface area contributed by atoms with Crippen molar-refractivity contribution in [3.63, 3.8) is 0 Å². The molecule has 0 spiro atoms. The third-order valence-corrected chi connectivity index (χ3v) is 3.78. The van der Waals surface area contributed by atoms with Crippen molar-refractivity contribution in [3.05, 3.63) is 40.1 Å². The molecule has 0 atom stereocenters. The maximum Gasteiger partial charge on any atom is 0.203 e. The molecule has 2 aromatic rings. The molecule has 1 aromatic carbocycles. The van der Waals surface area contributed by atoms with E-state index in [1.54, 1.807) is 23.5 Å². The summed E-state index contributed by atoms with van der Waals surface area (Å²) in [6.45, 7) is 0. The minimum Gasteiger partial charge on any atom is -0.493 e. The molecule has 0 fully saturated rings. The van der Waals surface area contributed by atoms with Gasteiger partial charge in [-0.2, -0.15) is 0 Å². The highest BCUT2D eigenvalue weighted by Gasteiger charge is 2.17. The Morgan fingerprint density at radius 3 is 2.20 bits per heavy atom. The smallest absolute Gasteiger partial charge is 0.203 e. The van der Waals surface area contributed by atoms with Gasteiger partial charge in [0.15, 0.2) is 17.3 Å². The molecule has 0 saturated carbocycles. The second-order valence-corrected chi connectivity index (χ2v) is 5.13. The molecular weight excluding hydrogens is 276 g/mol. The van der Waals surface area contributed by atoms with Crippen LogP contribution in [0.3, 0.4) is 0 Å². The van der Waals surface area contributed by atoms with Crippen LogP contribution in [0.1, 0.15) is 15.2 Å². The average molecular weight is 292 g/mol. The van der Waals surface area contributed by atoms with Crippen LogP contribution in [-0.2, 0) is 6.42 Å². The van der Waals surface area contributed by atoms with E-state index in [2.05, 4.69) is 0 Å². The van der Waals surface area contributed by atoms with Gasteiger partial charge in [-0.15, -0.1) is 11.3 Å². The lowest BCUT2D eigenvalue weighted by Gasteiger charge is -2.13. The Balaban J connectivity index is 2.34. The molecule has 2 rings (SSSR count). The molecule has 106 valence electrons. The monoisotopic (exact) mass is 292 g/mol. The lowest BCUT2D eigenvalue weighted by atomic mass is 10.1. The molecule has 0 aliphatic carbocycles. The van der Waals surface area contributed by atoms with E-state index >= 15 is 0 Å². The fraction of sp³-hybridized carbons (Fsp3) is 0.267. The number of ketones is 1. The SMILES string of the molecule is COc1cc(C(=O)Cc2cccs2)cc(OC)c1OC. The first-order chi connectivity index (χ1) is 9.69. The molecule has 0 unspecified atom stereocenters. The molecule has 0 aliphatic rings. The fourth-order valence-electron chi connectivity index (χ4n) is 1.92. The van der Waals surface area contributed by atoms with Gasteiger partial charge in [0.2, 0.25) is 5.75 Å². The molecule has 0 aliphatic heterocycles. The van der Waals surface area contributed by atoms with E-state index < -0.39 is 0 Å². The third-order valence-electron chi connectivity index (χ3n) is 2.90. The summed E-state index contributed by atoms with van der Waals surface area (Å²) < 4.78 is 15.7.